The fraction of sp³-hybridized carbons (Fsp3) is 0.357. The summed E-state index contributed by atoms with van der Waals surface area (Å²) in [5.41, 5.74) is 1.89. The Morgan fingerprint density at radius 2 is 1.95 bits per heavy atom. The maximum Gasteiger partial charge on any atom is 0.162 e. The summed E-state index contributed by atoms with van der Waals surface area (Å²) in [6, 6.07) is 5.54. The molecule has 20 heavy (non-hydrogen) atoms. The highest BCUT2D eigenvalue weighted by molar-refractivity contribution is 6.33. The van der Waals surface area contributed by atoms with Gasteiger partial charge in [-0.1, -0.05) is 11.6 Å². The van der Waals surface area contributed by atoms with E-state index in [-0.39, 0.29) is 0 Å². The molecule has 0 atom stereocenters. The highest BCUT2D eigenvalue weighted by Gasteiger charge is 2.10. The largest absolute Gasteiger partial charge is 0.493 e. The van der Waals surface area contributed by atoms with Crippen molar-refractivity contribution in [3.05, 3.63) is 35.1 Å². The molecule has 0 spiro atoms. The van der Waals surface area contributed by atoms with E-state index in [0.717, 1.165) is 17.9 Å². The summed E-state index contributed by atoms with van der Waals surface area (Å²) in [5.74, 6) is 1.25. The fourth-order valence-electron chi connectivity index (χ4n) is 1.97. The van der Waals surface area contributed by atoms with Gasteiger partial charge >= 0.3 is 0 Å². The van der Waals surface area contributed by atoms with E-state index in [1.54, 1.807) is 26.5 Å². The molecule has 0 saturated carbocycles. The molecule has 1 heterocycles. The van der Waals surface area contributed by atoms with Crippen LogP contribution in [0.1, 0.15) is 12.6 Å². The van der Waals surface area contributed by atoms with Crippen molar-refractivity contribution in [2.75, 3.05) is 19.5 Å². The van der Waals surface area contributed by atoms with Gasteiger partial charge in [-0.2, -0.15) is 5.10 Å². The van der Waals surface area contributed by atoms with Gasteiger partial charge in [0.15, 0.2) is 11.5 Å². The van der Waals surface area contributed by atoms with Crippen LogP contribution in [0, 0.1) is 0 Å². The molecule has 2 aromatic rings. The van der Waals surface area contributed by atoms with Crippen LogP contribution < -0.4 is 14.8 Å². The van der Waals surface area contributed by atoms with E-state index in [1.807, 2.05) is 16.8 Å². The SMILES string of the molecule is CCn1nccc1CNc1cc(OC)c(OC)cc1Cl. The molecule has 1 N–H and O–H groups in total. The van der Waals surface area contributed by atoms with E-state index >= 15 is 0 Å². The predicted molar refractivity (Wildman–Crippen MR) is 79.8 cm³/mol. The van der Waals surface area contributed by atoms with Crippen molar-refractivity contribution >= 4 is 17.3 Å². The van der Waals surface area contributed by atoms with E-state index in [4.69, 9.17) is 21.1 Å². The number of hydrogen-bond acceptors (Lipinski definition) is 4. The van der Waals surface area contributed by atoms with Gasteiger partial charge in [0, 0.05) is 24.9 Å². The highest BCUT2D eigenvalue weighted by atomic mass is 35.5. The molecule has 0 radical (unpaired) electrons. The van der Waals surface area contributed by atoms with Crippen LogP contribution in [-0.2, 0) is 13.1 Å². The first-order valence-electron chi connectivity index (χ1n) is 6.35. The Kier molecular flexibility index (Phi) is 4.74. The van der Waals surface area contributed by atoms with Gasteiger partial charge in [0.05, 0.1) is 37.2 Å². The molecule has 0 bridgehead atoms. The number of nitrogens with one attached hydrogen (secondary N) is 1. The van der Waals surface area contributed by atoms with Crippen LogP contribution in [0.3, 0.4) is 0 Å². The topological polar surface area (TPSA) is 48.3 Å². The van der Waals surface area contributed by atoms with Crippen molar-refractivity contribution in [2.24, 2.45) is 0 Å². The molecule has 2 rings (SSSR count). The Balaban J connectivity index is 2.17. The van der Waals surface area contributed by atoms with Crippen molar-refractivity contribution in [3.8, 4) is 11.5 Å². The zero-order valence-electron chi connectivity index (χ0n) is 11.8. The summed E-state index contributed by atoms with van der Waals surface area (Å²) in [6.45, 7) is 3.53. The van der Waals surface area contributed by atoms with Crippen LogP contribution in [0.15, 0.2) is 24.4 Å². The zero-order chi connectivity index (χ0) is 14.5. The monoisotopic (exact) mass is 295 g/mol. The van der Waals surface area contributed by atoms with E-state index in [2.05, 4.69) is 17.3 Å². The molecule has 0 aliphatic carbocycles. The minimum Gasteiger partial charge on any atom is -0.493 e. The van der Waals surface area contributed by atoms with Gasteiger partial charge in [-0.05, 0) is 13.0 Å². The Morgan fingerprint density at radius 1 is 1.25 bits per heavy atom. The van der Waals surface area contributed by atoms with E-state index in [0.29, 0.717) is 23.1 Å². The second kappa shape index (κ2) is 6.52. The molecule has 0 fully saturated rings. The van der Waals surface area contributed by atoms with Crippen molar-refractivity contribution in [1.29, 1.82) is 0 Å². The van der Waals surface area contributed by atoms with E-state index < -0.39 is 0 Å². The molecular weight excluding hydrogens is 278 g/mol. The van der Waals surface area contributed by atoms with Crippen LogP contribution >= 0.6 is 11.6 Å². The number of aryl methyl sites for hydroxylation is 1. The second-order valence-corrected chi connectivity index (χ2v) is 4.59. The van der Waals surface area contributed by atoms with Crippen LogP contribution in [0.4, 0.5) is 5.69 Å². The average Bonchev–Trinajstić information content (AvgIpc) is 2.93. The standard InChI is InChI=1S/C14H18ClN3O2/c1-4-18-10(5-6-17-18)9-16-12-8-14(20-3)13(19-2)7-11(12)15/h5-8,16H,4,9H2,1-3H3. The number of rotatable bonds is 6. The molecule has 1 aromatic heterocycles. The first-order valence-corrected chi connectivity index (χ1v) is 6.73. The summed E-state index contributed by atoms with van der Waals surface area (Å²) in [5, 5.41) is 8.11. The van der Waals surface area contributed by atoms with Gasteiger partial charge < -0.3 is 14.8 Å². The minimum absolute atomic E-state index is 0.588. The van der Waals surface area contributed by atoms with Crippen molar-refractivity contribution in [2.45, 2.75) is 20.0 Å². The molecular formula is C14H18ClN3O2. The third-order valence-corrected chi connectivity index (χ3v) is 3.35. The molecule has 0 aliphatic heterocycles. The first-order chi connectivity index (χ1) is 9.69. The second-order valence-electron chi connectivity index (χ2n) is 4.18. The molecule has 0 unspecified atom stereocenters. The first kappa shape index (κ1) is 14.5. The van der Waals surface area contributed by atoms with Gasteiger partial charge in [-0.3, -0.25) is 4.68 Å². The van der Waals surface area contributed by atoms with Crippen molar-refractivity contribution < 1.29 is 9.47 Å². The Bertz CT molecular complexity index is 584. The van der Waals surface area contributed by atoms with Crippen molar-refractivity contribution in [3.63, 3.8) is 0 Å². The predicted octanol–water partition coefficient (Wildman–Crippen LogP) is 3.19. The molecule has 0 amide bonds. The number of hydrogen-bond donors (Lipinski definition) is 1. The lowest BCUT2D eigenvalue weighted by Gasteiger charge is -2.13. The number of halogens is 1. The number of nitrogens with zero attached hydrogens (tertiary/aromatic N) is 2. The third-order valence-electron chi connectivity index (χ3n) is 3.04. The number of benzene rings is 1. The lowest BCUT2D eigenvalue weighted by atomic mass is 10.2. The number of ether oxygens (including phenoxy) is 2. The maximum atomic E-state index is 6.23. The number of methoxy groups -OCH3 is 2. The van der Waals surface area contributed by atoms with Crippen LogP contribution in [0.5, 0.6) is 11.5 Å². The van der Waals surface area contributed by atoms with Crippen LogP contribution in [0.25, 0.3) is 0 Å². The summed E-state index contributed by atoms with van der Waals surface area (Å²) in [7, 11) is 3.18. The minimum atomic E-state index is 0.588. The molecule has 1 aromatic carbocycles. The normalized spacial score (nSPS) is 10.4. The molecule has 5 nitrogen and oxygen atoms in total. The number of anilines is 1. The van der Waals surface area contributed by atoms with Crippen molar-refractivity contribution in [1.82, 2.24) is 9.78 Å². The molecule has 0 aliphatic rings. The van der Waals surface area contributed by atoms with E-state index in [1.165, 1.54) is 0 Å². The smallest absolute Gasteiger partial charge is 0.162 e. The number of aromatic nitrogens is 2. The van der Waals surface area contributed by atoms with E-state index in [9.17, 15) is 0 Å². The van der Waals surface area contributed by atoms with Gasteiger partial charge in [-0.25, -0.2) is 0 Å². The van der Waals surface area contributed by atoms with Gasteiger partial charge in [0.25, 0.3) is 0 Å². The Morgan fingerprint density at radius 3 is 2.60 bits per heavy atom. The Labute approximate surface area is 123 Å². The molecule has 0 saturated heterocycles. The maximum absolute atomic E-state index is 6.23. The summed E-state index contributed by atoms with van der Waals surface area (Å²) in [6.07, 6.45) is 1.79. The zero-order valence-corrected chi connectivity index (χ0v) is 12.6. The average molecular weight is 296 g/mol. The quantitative estimate of drug-likeness (QED) is 0.889. The molecule has 6 heteroatoms. The van der Waals surface area contributed by atoms with Gasteiger partial charge in [0.1, 0.15) is 0 Å². The van der Waals surface area contributed by atoms with Crippen LogP contribution in [-0.4, -0.2) is 24.0 Å². The van der Waals surface area contributed by atoms with Crippen LogP contribution in [0.2, 0.25) is 5.02 Å². The molecule has 108 valence electrons. The summed E-state index contributed by atoms with van der Waals surface area (Å²) < 4.78 is 12.4. The fourth-order valence-corrected chi connectivity index (χ4v) is 2.19. The summed E-state index contributed by atoms with van der Waals surface area (Å²) >= 11 is 6.23. The Hall–Kier alpha value is -1.88. The summed E-state index contributed by atoms with van der Waals surface area (Å²) in [4.78, 5) is 0. The third kappa shape index (κ3) is 2.99. The lowest BCUT2D eigenvalue weighted by molar-refractivity contribution is 0.355. The lowest BCUT2D eigenvalue weighted by Crippen LogP contribution is -2.08. The van der Waals surface area contributed by atoms with Gasteiger partial charge in [-0.15, -0.1) is 0 Å². The van der Waals surface area contributed by atoms with Gasteiger partial charge in [0.2, 0.25) is 0 Å². The highest BCUT2D eigenvalue weighted by Crippen LogP contribution is 2.36.